The lowest BCUT2D eigenvalue weighted by atomic mass is 10.2. The van der Waals surface area contributed by atoms with Gasteiger partial charge in [-0.25, -0.2) is 23.1 Å². The fourth-order valence-corrected chi connectivity index (χ4v) is 4.73. The number of fused-ring (bicyclic) bond motifs is 1. The molecule has 0 saturated heterocycles. The number of hydrogen-bond donors (Lipinski definition) is 2. The van der Waals surface area contributed by atoms with Crippen LogP contribution in [0.1, 0.15) is 15.4 Å². The van der Waals surface area contributed by atoms with Gasteiger partial charge in [-0.05, 0) is 36.4 Å². The smallest absolute Gasteiger partial charge is 0.321 e. The molecule has 0 spiro atoms. The van der Waals surface area contributed by atoms with Gasteiger partial charge in [0.15, 0.2) is 5.69 Å². The number of nitrogens with one attached hydrogen (secondary N) is 2. The SMILES string of the molecule is Cn1nc(C(F)(F)F)c2cc(C(=O)Nc3ccc(S(=O)(=O)Nc4ncccn4)cc3)sc21. The fraction of sp³-hybridized carbons (Fsp3) is 0.111. The lowest BCUT2D eigenvalue weighted by molar-refractivity contribution is -0.140. The molecule has 2 N–H and O–H groups in total. The lowest BCUT2D eigenvalue weighted by Gasteiger charge is -2.08. The molecule has 0 bridgehead atoms. The number of benzene rings is 1. The maximum atomic E-state index is 13.1. The summed E-state index contributed by atoms with van der Waals surface area (Å²) in [5.41, 5.74) is -0.800. The van der Waals surface area contributed by atoms with Crippen molar-refractivity contribution in [1.82, 2.24) is 19.7 Å². The third-order valence-electron chi connectivity index (χ3n) is 4.22. The lowest BCUT2D eigenvalue weighted by Crippen LogP contribution is -2.15. The Balaban J connectivity index is 1.52. The normalized spacial score (nSPS) is 12.1. The monoisotopic (exact) mass is 482 g/mol. The van der Waals surface area contributed by atoms with Crippen molar-refractivity contribution in [2.75, 3.05) is 10.0 Å². The van der Waals surface area contributed by atoms with Crippen LogP contribution in [0.25, 0.3) is 10.2 Å². The Morgan fingerprint density at radius 3 is 2.41 bits per heavy atom. The molecule has 166 valence electrons. The van der Waals surface area contributed by atoms with E-state index in [0.29, 0.717) is 0 Å². The molecule has 3 aromatic heterocycles. The van der Waals surface area contributed by atoms with E-state index in [-0.39, 0.29) is 31.6 Å². The van der Waals surface area contributed by atoms with Crippen molar-refractivity contribution in [3.05, 3.63) is 59.4 Å². The zero-order chi connectivity index (χ0) is 23.1. The number of sulfonamides is 1. The molecule has 3 heterocycles. The molecule has 4 rings (SSSR count). The highest BCUT2D eigenvalue weighted by molar-refractivity contribution is 7.92. The summed E-state index contributed by atoms with van der Waals surface area (Å²) in [6.07, 6.45) is -1.88. The third-order valence-corrected chi connectivity index (χ3v) is 6.76. The summed E-state index contributed by atoms with van der Waals surface area (Å²) >= 11 is 0.865. The standard InChI is InChI=1S/C18H13F3N6O3S2/c1-27-16-12(14(25-27)18(19,20)21)9-13(31-16)15(28)24-10-3-5-11(6-4-10)32(29,30)26-17-22-7-2-8-23-17/h2-9H,1H3,(H,24,28)(H,22,23,26). The molecule has 0 aliphatic heterocycles. The third kappa shape index (κ3) is 4.27. The van der Waals surface area contributed by atoms with Gasteiger partial charge in [0.2, 0.25) is 5.95 Å². The number of hydrogen-bond acceptors (Lipinski definition) is 7. The molecule has 32 heavy (non-hydrogen) atoms. The van der Waals surface area contributed by atoms with Crippen molar-refractivity contribution >= 4 is 49.1 Å². The van der Waals surface area contributed by atoms with Crippen LogP contribution in [0.4, 0.5) is 24.8 Å². The Kier molecular flexibility index (Phi) is 5.34. The van der Waals surface area contributed by atoms with Crippen LogP contribution in [0.3, 0.4) is 0 Å². The van der Waals surface area contributed by atoms with Crippen molar-refractivity contribution in [2.45, 2.75) is 11.1 Å². The molecule has 4 aromatic rings. The maximum absolute atomic E-state index is 13.1. The van der Waals surface area contributed by atoms with Gasteiger partial charge in [-0.2, -0.15) is 18.3 Å². The Morgan fingerprint density at radius 2 is 1.78 bits per heavy atom. The largest absolute Gasteiger partial charge is 0.435 e. The number of carbonyl (C=O) groups excluding carboxylic acids is 1. The van der Waals surface area contributed by atoms with E-state index in [0.717, 1.165) is 22.1 Å². The molecule has 14 heteroatoms. The van der Waals surface area contributed by atoms with Crippen molar-refractivity contribution in [1.29, 1.82) is 0 Å². The van der Waals surface area contributed by atoms with Gasteiger partial charge in [0.25, 0.3) is 15.9 Å². The van der Waals surface area contributed by atoms with Crippen LogP contribution in [0.15, 0.2) is 53.7 Å². The molecule has 0 radical (unpaired) electrons. The van der Waals surface area contributed by atoms with Gasteiger partial charge in [-0.15, -0.1) is 11.3 Å². The van der Waals surface area contributed by atoms with Crippen LogP contribution in [0.2, 0.25) is 0 Å². The molecule has 9 nitrogen and oxygen atoms in total. The van der Waals surface area contributed by atoms with E-state index in [1.807, 2.05) is 0 Å². The molecule has 1 amide bonds. The summed E-state index contributed by atoms with van der Waals surface area (Å²) in [4.78, 5) is 20.3. The topological polar surface area (TPSA) is 119 Å². The van der Waals surface area contributed by atoms with Gasteiger partial charge in [0.1, 0.15) is 4.83 Å². The average molecular weight is 482 g/mol. The summed E-state index contributed by atoms with van der Waals surface area (Å²) in [5.74, 6) is -0.729. The Hall–Kier alpha value is -3.52. The summed E-state index contributed by atoms with van der Waals surface area (Å²) in [6, 6.07) is 7.90. The van der Waals surface area contributed by atoms with E-state index in [9.17, 15) is 26.4 Å². The van der Waals surface area contributed by atoms with Crippen LogP contribution in [0, 0.1) is 0 Å². The Morgan fingerprint density at radius 1 is 1.12 bits per heavy atom. The van der Waals surface area contributed by atoms with Crippen molar-refractivity contribution in [3.8, 4) is 0 Å². The number of nitrogens with zero attached hydrogens (tertiary/aromatic N) is 4. The number of halogens is 3. The van der Waals surface area contributed by atoms with Gasteiger partial charge in [-0.1, -0.05) is 0 Å². The number of alkyl halides is 3. The minimum absolute atomic E-state index is 0.0538. The minimum Gasteiger partial charge on any atom is -0.321 e. The number of thiophene rings is 1. The first-order valence-electron chi connectivity index (χ1n) is 8.79. The highest BCUT2D eigenvalue weighted by Crippen LogP contribution is 2.37. The van der Waals surface area contributed by atoms with Gasteiger partial charge in [0.05, 0.1) is 9.77 Å². The van der Waals surface area contributed by atoms with Crippen LogP contribution in [0.5, 0.6) is 0 Å². The predicted molar refractivity (Wildman–Crippen MR) is 111 cm³/mol. The summed E-state index contributed by atoms with van der Waals surface area (Å²) < 4.78 is 67.5. The van der Waals surface area contributed by atoms with Gasteiger partial charge >= 0.3 is 6.18 Å². The molecule has 0 saturated carbocycles. The quantitative estimate of drug-likeness (QED) is 0.450. The number of rotatable bonds is 5. The highest BCUT2D eigenvalue weighted by Gasteiger charge is 2.37. The van der Waals surface area contributed by atoms with Crippen LogP contribution < -0.4 is 10.0 Å². The molecule has 0 atom stereocenters. The van der Waals surface area contributed by atoms with Crippen LogP contribution in [-0.4, -0.2) is 34.1 Å². The second-order valence-electron chi connectivity index (χ2n) is 6.46. The first kappa shape index (κ1) is 21.7. The van der Waals surface area contributed by atoms with Crippen molar-refractivity contribution in [2.24, 2.45) is 7.05 Å². The second-order valence-corrected chi connectivity index (χ2v) is 9.17. The minimum atomic E-state index is -4.64. The number of anilines is 2. The Bertz CT molecular complexity index is 1400. The molecule has 0 unspecified atom stereocenters. The maximum Gasteiger partial charge on any atom is 0.435 e. The van der Waals surface area contributed by atoms with E-state index >= 15 is 0 Å². The fourth-order valence-electron chi connectivity index (χ4n) is 2.80. The zero-order valence-corrected chi connectivity index (χ0v) is 17.7. The summed E-state index contributed by atoms with van der Waals surface area (Å²) in [5, 5.41) is 5.84. The molecule has 0 aliphatic rings. The van der Waals surface area contributed by atoms with Crippen molar-refractivity contribution < 1.29 is 26.4 Å². The molecule has 0 fully saturated rings. The van der Waals surface area contributed by atoms with Crippen molar-refractivity contribution in [3.63, 3.8) is 0 Å². The average Bonchev–Trinajstić information content (AvgIpc) is 3.29. The van der Waals surface area contributed by atoms with Gasteiger partial charge in [0, 0.05) is 30.5 Å². The van der Waals surface area contributed by atoms with E-state index in [4.69, 9.17) is 0 Å². The first-order valence-corrected chi connectivity index (χ1v) is 11.1. The highest BCUT2D eigenvalue weighted by atomic mass is 32.2. The molecular formula is C18H13F3N6O3S2. The van der Waals surface area contributed by atoms with E-state index in [2.05, 4.69) is 25.1 Å². The van der Waals surface area contributed by atoms with E-state index in [1.165, 1.54) is 49.8 Å². The second kappa shape index (κ2) is 7.87. The summed E-state index contributed by atoms with van der Waals surface area (Å²) in [6.45, 7) is 0. The summed E-state index contributed by atoms with van der Waals surface area (Å²) in [7, 11) is -2.58. The zero-order valence-electron chi connectivity index (χ0n) is 16.1. The first-order chi connectivity index (χ1) is 15.0. The van der Waals surface area contributed by atoms with Gasteiger partial charge in [-0.3, -0.25) is 9.48 Å². The van der Waals surface area contributed by atoms with Gasteiger partial charge < -0.3 is 5.32 Å². The van der Waals surface area contributed by atoms with E-state index < -0.39 is 27.8 Å². The molecule has 1 aromatic carbocycles. The van der Waals surface area contributed by atoms with Crippen LogP contribution in [-0.2, 0) is 23.2 Å². The number of aromatic nitrogens is 4. The Labute approximate surface area is 183 Å². The molecular weight excluding hydrogens is 469 g/mol. The van der Waals surface area contributed by atoms with Crippen LogP contribution >= 0.6 is 11.3 Å². The molecule has 0 aliphatic carbocycles. The number of aryl methyl sites for hydroxylation is 1. The van der Waals surface area contributed by atoms with E-state index in [1.54, 1.807) is 0 Å². The predicted octanol–water partition coefficient (Wildman–Crippen LogP) is 3.50. The number of carbonyl (C=O) groups is 1. The number of amides is 1.